The molecule has 0 amide bonds. The predicted octanol–water partition coefficient (Wildman–Crippen LogP) is 12.8. The fraction of sp³-hybridized carbons (Fsp3) is 0. The van der Waals surface area contributed by atoms with Crippen molar-refractivity contribution >= 4 is 70.5 Å². The Labute approximate surface area is 265 Å². The second-order valence-electron chi connectivity index (χ2n) is 11.3. The highest BCUT2D eigenvalue weighted by atomic mass is 32.1. The maximum Gasteiger partial charge on any atom is 0.137 e. The van der Waals surface area contributed by atoms with Gasteiger partial charge in [0.2, 0.25) is 0 Å². The third-order valence-corrected chi connectivity index (χ3v) is 9.83. The Morgan fingerprint density at radius 1 is 0.400 bits per heavy atom. The topological polar surface area (TPSA) is 16.4 Å². The molecule has 0 bridgehead atoms. The fourth-order valence-electron chi connectivity index (χ4n) is 6.69. The SMILES string of the molecule is c1ccc(-c2ccccc2N(c2ccc(-c3cccc4sc5ccccc5c34)cc2)c2cccc3oc4ccccc4c23)cc1. The van der Waals surface area contributed by atoms with Gasteiger partial charge in [0.1, 0.15) is 11.2 Å². The number of para-hydroxylation sites is 2. The van der Waals surface area contributed by atoms with Crippen LogP contribution in [-0.4, -0.2) is 0 Å². The van der Waals surface area contributed by atoms with Gasteiger partial charge in [-0.25, -0.2) is 0 Å². The zero-order chi connectivity index (χ0) is 29.7. The van der Waals surface area contributed by atoms with Crippen LogP contribution in [-0.2, 0) is 0 Å². The van der Waals surface area contributed by atoms with Crippen molar-refractivity contribution in [2.75, 3.05) is 4.90 Å². The summed E-state index contributed by atoms with van der Waals surface area (Å²) in [5.41, 5.74) is 9.86. The van der Waals surface area contributed by atoms with Gasteiger partial charge in [0.15, 0.2) is 0 Å². The maximum absolute atomic E-state index is 6.35. The van der Waals surface area contributed by atoms with Gasteiger partial charge in [0, 0.05) is 36.8 Å². The number of thiophene rings is 1. The average Bonchev–Trinajstić information content (AvgIpc) is 3.68. The van der Waals surface area contributed by atoms with Gasteiger partial charge in [-0.1, -0.05) is 115 Å². The number of anilines is 3. The van der Waals surface area contributed by atoms with Crippen molar-refractivity contribution in [3.05, 3.63) is 164 Å². The summed E-state index contributed by atoms with van der Waals surface area (Å²) in [6.45, 7) is 0. The van der Waals surface area contributed by atoms with E-state index in [1.54, 1.807) is 0 Å². The number of fused-ring (bicyclic) bond motifs is 6. The third kappa shape index (κ3) is 4.24. The summed E-state index contributed by atoms with van der Waals surface area (Å²) in [5, 5.41) is 4.85. The highest BCUT2D eigenvalue weighted by Crippen LogP contribution is 2.46. The van der Waals surface area contributed by atoms with Crippen molar-refractivity contribution < 1.29 is 4.42 Å². The lowest BCUT2D eigenvalue weighted by Gasteiger charge is -2.28. The summed E-state index contributed by atoms with van der Waals surface area (Å²) in [6, 6.07) is 58.4. The molecule has 0 unspecified atom stereocenters. The standard InChI is InChI=1S/C42H27NOS/c1-2-12-28(13-3-1)31-14-4-7-18-35(31)43(36-19-11-21-38-42(36)33-15-5-8-20-37(33)44-38)30-26-24-29(25-27-30)32-17-10-23-40-41(32)34-16-6-9-22-39(34)45-40/h1-27H. The summed E-state index contributed by atoms with van der Waals surface area (Å²) in [5.74, 6) is 0. The van der Waals surface area contributed by atoms with E-state index in [0.717, 1.165) is 39.0 Å². The van der Waals surface area contributed by atoms with Crippen LogP contribution in [0.3, 0.4) is 0 Å². The number of hydrogen-bond acceptors (Lipinski definition) is 3. The smallest absolute Gasteiger partial charge is 0.137 e. The third-order valence-electron chi connectivity index (χ3n) is 8.69. The molecule has 212 valence electrons. The zero-order valence-electron chi connectivity index (χ0n) is 24.4. The summed E-state index contributed by atoms with van der Waals surface area (Å²) in [4.78, 5) is 2.39. The highest BCUT2D eigenvalue weighted by molar-refractivity contribution is 7.25. The lowest BCUT2D eigenvalue weighted by molar-refractivity contribution is 0.669. The number of furan rings is 1. The van der Waals surface area contributed by atoms with Gasteiger partial charge in [0.25, 0.3) is 0 Å². The van der Waals surface area contributed by atoms with Crippen LogP contribution in [0.2, 0.25) is 0 Å². The second-order valence-corrected chi connectivity index (χ2v) is 12.4. The molecular formula is C42H27NOS. The number of nitrogens with zero attached hydrogens (tertiary/aromatic N) is 1. The molecule has 7 aromatic carbocycles. The van der Waals surface area contributed by atoms with Gasteiger partial charge >= 0.3 is 0 Å². The van der Waals surface area contributed by atoms with Gasteiger partial charge in [-0.2, -0.15) is 0 Å². The van der Waals surface area contributed by atoms with E-state index in [9.17, 15) is 0 Å². The molecule has 0 atom stereocenters. The van der Waals surface area contributed by atoms with Crippen LogP contribution < -0.4 is 4.90 Å². The molecule has 2 aromatic heterocycles. The Kier molecular flexibility index (Phi) is 6.03. The Morgan fingerprint density at radius 2 is 1.02 bits per heavy atom. The molecule has 0 saturated heterocycles. The van der Waals surface area contributed by atoms with E-state index in [0.29, 0.717) is 0 Å². The van der Waals surface area contributed by atoms with Gasteiger partial charge in [-0.05, 0) is 65.2 Å². The molecule has 0 saturated carbocycles. The van der Waals surface area contributed by atoms with Crippen LogP contribution in [0.25, 0.3) is 64.4 Å². The lowest BCUT2D eigenvalue weighted by atomic mass is 9.98. The Hall–Kier alpha value is -5.64. The molecule has 0 spiro atoms. The van der Waals surface area contributed by atoms with Crippen LogP contribution in [0, 0.1) is 0 Å². The van der Waals surface area contributed by atoms with E-state index in [2.05, 4.69) is 157 Å². The number of rotatable bonds is 5. The molecule has 0 radical (unpaired) electrons. The molecule has 0 aliphatic rings. The van der Waals surface area contributed by atoms with Crippen LogP contribution in [0.15, 0.2) is 168 Å². The first-order valence-corrected chi connectivity index (χ1v) is 16.0. The molecule has 0 aliphatic carbocycles. The Balaban J connectivity index is 1.27. The number of hydrogen-bond donors (Lipinski definition) is 0. The van der Waals surface area contributed by atoms with Gasteiger partial charge in [-0.3, -0.25) is 0 Å². The first-order valence-electron chi connectivity index (χ1n) is 15.2. The Bertz CT molecular complexity index is 2490. The van der Waals surface area contributed by atoms with E-state index in [1.807, 2.05) is 23.5 Å². The van der Waals surface area contributed by atoms with Crippen molar-refractivity contribution in [2.45, 2.75) is 0 Å². The second kappa shape index (κ2) is 10.5. The molecule has 0 aliphatic heterocycles. The lowest BCUT2D eigenvalue weighted by Crippen LogP contribution is -2.11. The fourth-order valence-corrected chi connectivity index (χ4v) is 7.82. The Morgan fingerprint density at radius 3 is 1.91 bits per heavy atom. The molecule has 0 fully saturated rings. The summed E-state index contributed by atoms with van der Waals surface area (Å²) >= 11 is 1.86. The first kappa shape index (κ1) is 25.8. The van der Waals surface area contributed by atoms with Crippen molar-refractivity contribution in [3.8, 4) is 22.3 Å². The predicted molar refractivity (Wildman–Crippen MR) is 192 cm³/mol. The van der Waals surface area contributed by atoms with Gasteiger partial charge < -0.3 is 9.32 Å². The molecule has 45 heavy (non-hydrogen) atoms. The quantitative estimate of drug-likeness (QED) is 0.197. The molecular weight excluding hydrogens is 567 g/mol. The van der Waals surface area contributed by atoms with E-state index in [4.69, 9.17) is 4.42 Å². The van der Waals surface area contributed by atoms with Crippen molar-refractivity contribution in [1.29, 1.82) is 0 Å². The van der Waals surface area contributed by atoms with Crippen LogP contribution in [0.1, 0.15) is 0 Å². The molecule has 9 rings (SSSR count). The molecule has 2 heterocycles. The highest BCUT2D eigenvalue weighted by Gasteiger charge is 2.22. The van der Waals surface area contributed by atoms with Crippen LogP contribution in [0.4, 0.5) is 17.1 Å². The van der Waals surface area contributed by atoms with Gasteiger partial charge in [0.05, 0.1) is 16.8 Å². The minimum absolute atomic E-state index is 0.878. The molecule has 3 heteroatoms. The summed E-state index contributed by atoms with van der Waals surface area (Å²) in [6.07, 6.45) is 0. The molecule has 0 N–H and O–H groups in total. The van der Waals surface area contributed by atoms with E-state index >= 15 is 0 Å². The van der Waals surface area contributed by atoms with E-state index in [-0.39, 0.29) is 0 Å². The van der Waals surface area contributed by atoms with Gasteiger partial charge in [-0.15, -0.1) is 11.3 Å². The monoisotopic (exact) mass is 593 g/mol. The largest absolute Gasteiger partial charge is 0.456 e. The van der Waals surface area contributed by atoms with E-state index < -0.39 is 0 Å². The molecule has 2 nitrogen and oxygen atoms in total. The van der Waals surface area contributed by atoms with E-state index in [1.165, 1.54) is 42.4 Å². The van der Waals surface area contributed by atoms with Crippen molar-refractivity contribution in [2.24, 2.45) is 0 Å². The number of benzene rings is 7. The van der Waals surface area contributed by atoms with Crippen LogP contribution >= 0.6 is 11.3 Å². The average molecular weight is 594 g/mol. The van der Waals surface area contributed by atoms with Crippen molar-refractivity contribution in [3.63, 3.8) is 0 Å². The maximum atomic E-state index is 6.35. The minimum Gasteiger partial charge on any atom is -0.456 e. The zero-order valence-corrected chi connectivity index (χ0v) is 25.2. The normalized spacial score (nSPS) is 11.6. The van der Waals surface area contributed by atoms with Crippen LogP contribution in [0.5, 0.6) is 0 Å². The molecule has 9 aromatic rings. The summed E-state index contributed by atoms with van der Waals surface area (Å²) < 4.78 is 8.98. The van der Waals surface area contributed by atoms with Crippen molar-refractivity contribution in [1.82, 2.24) is 0 Å². The first-order chi connectivity index (χ1) is 22.3. The summed E-state index contributed by atoms with van der Waals surface area (Å²) in [7, 11) is 0. The minimum atomic E-state index is 0.878.